The molecule has 0 bridgehead atoms. The molecule has 0 radical (unpaired) electrons. The van der Waals surface area contributed by atoms with Crippen molar-refractivity contribution < 1.29 is 46.6 Å². The highest BCUT2D eigenvalue weighted by molar-refractivity contribution is 9.09. The van der Waals surface area contributed by atoms with Gasteiger partial charge in [-0.25, -0.2) is 9.97 Å². The van der Waals surface area contributed by atoms with Gasteiger partial charge in [0.2, 0.25) is 23.6 Å². The van der Waals surface area contributed by atoms with Crippen LogP contribution in [0.2, 0.25) is 36.3 Å². The molecule has 2 aliphatic heterocycles. The average Bonchev–Trinajstić information content (AvgIpc) is 1.72. The van der Waals surface area contributed by atoms with Crippen molar-refractivity contribution in [3.05, 3.63) is 106 Å². The highest BCUT2D eigenvalue weighted by Gasteiger charge is 2.50. The molecule has 2 fully saturated rings. The third kappa shape index (κ3) is 17.8. The van der Waals surface area contributed by atoms with Gasteiger partial charge >= 0.3 is 0 Å². The van der Waals surface area contributed by atoms with E-state index in [4.69, 9.17) is 27.4 Å². The van der Waals surface area contributed by atoms with E-state index < -0.39 is 40.6 Å². The summed E-state index contributed by atoms with van der Waals surface area (Å²) in [5.41, 5.74) is 9.87. The largest absolute Gasteiger partial charge is 0.475 e. The smallest absolute Gasteiger partial charge is 0.254 e. The van der Waals surface area contributed by atoms with Crippen LogP contribution in [0.1, 0.15) is 154 Å². The predicted octanol–water partition coefficient (Wildman–Crippen LogP) is 15.0. The number of rotatable bonds is 24. The summed E-state index contributed by atoms with van der Waals surface area (Å²) < 4.78 is 36.0. The van der Waals surface area contributed by atoms with Crippen LogP contribution in [0.15, 0.2) is 80.7 Å². The number of carbonyl (C=O) groups is 4. The Morgan fingerprint density at radius 2 is 0.944 bits per heavy atom. The summed E-state index contributed by atoms with van der Waals surface area (Å²) in [4.78, 5) is 71.0. The maximum absolute atomic E-state index is 14.3. The Morgan fingerprint density at radius 1 is 0.600 bits per heavy atom. The summed E-state index contributed by atoms with van der Waals surface area (Å²) in [7, 11) is -4.32. The number of aryl methyl sites for hydroxylation is 2. The number of nitrogens with zero attached hydrogens (tertiary/aromatic N) is 6. The fraction of sp³-hybridized carbons (Fsp3) is 0.576. The second-order valence-electron chi connectivity index (χ2n) is 27.4. The van der Waals surface area contributed by atoms with Crippen molar-refractivity contribution in [1.82, 2.24) is 40.7 Å². The normalized spacial score (nSPS) is 18.7. The lowest BCUT2D eigenvalue weighted by Gasteiger charge is -2.38. The molecule has 8 atom stereocenters. The van der Waals surface area contributed by atoms with Crippen LogP contribution < -0.4 is 20.1 Å². The Bertz CT molecular complexity index is 3120. The first kappa shape index (κ1) is 72.3. The fourth-order valence-electron chi connectivity index (χ4n) is 10.8. The highest BCUT2D eigenvalue weighted by Crippen LogP contribution is 2.43. The van der Waals surface area contributed by atoms with Crippen LogP contribution in [0.5, 0.6) is 11.8 Å². The number of halogens is 2. The Kier molecular flexibility index (Phi) is 24.7. The molecule has 2 N–H and O–H groups in total. The summed E-state index contributed by atoms with van der Waals surface area (Å²) in [6.45, 7) is 39.3. The first-order chi connectivity index (χ1) is 42.2. The Hall–Kier alpha value is -5.09. The van der Waals surface area contributed by atoms with Crippen molar-refractivity contribution in [3.8, 4) is 32.6 Å². The quantitative estimate of drug-likeness (QED) is 0.0426. The number of amides is 4. The molecule has 492 valence electrons. The van der Waals surface area contributed by atoms with E-state index >= 15 is 0 Å². The number of carbonyl (C=O) groups excluding carboxylic acids is 4. The minimum Gasteiger partial charge on any atom is -0.475 e. The summed E-state index contributed by atoms with van der Waals surface area (Å²) in [5.74, 6) is -0.654. The van der Waals surface area contributed by atoms with E-state index in [0.29, 0.717) is 73.1 Å². The molecule has 4 aromatic heterocycles. The van der Waals surface area contributed by atoms with Crippen molar-refractivity contribution >= 4 is 94.8 Å². The molecule has 2 aliphatic rings. The summed E-state index contributed by atoms with van der Waals surface area (Å²) in [5, 5.41) is 15.7. The third-order valence-corrected chi connectivity index (χ3v) is 29.6. The lowest BCUT2D eigenvalue weighted by molar-refractivity contribution is -0.141. The minimum atomic E-state index is -2.16. The van der Waals surface area contributed by atoms with Gasteiger partial charge in [0.1, 0.15) is 23.9 Å². The molecule has 0 spiro atoms. The first-order valence-electron chi connectivity index (χ1n) is 31.1. The lowest BCUT2D eigenvalue weighted by Crippen LogP contribution is -2.48. The zero-order valence-electron chi connectivity index (χ0n) is 55.7. The van der Waals surface area contributed by atoms with Crippen molar-refractivity contribution in [3.63, 3.8) is 0 Å². The Morgan fingerprint density at radius 3 is 1.23 bits per heavy atom. The number of likely N-dealkylation sites (tertiary alicyclic amines) is 2. The maximum Gasteiger partial charge on any atom is 0.254 e. The number of alkyl halides is 2. The molecule has 2 saturated heterocycles. The third-order valence-electron chi connectivity index (χ3n) is 17.9. The molecule has 24 heteroatoms. The highest BCUT2D eigenvalue weighted by atomic mass is 79.9. The van der Waals surface area contributed by atoms with Crippen LogP contribution in [0.4, 0.5) is 0 Å². The Balaban J connectivity index is 0.000000256. The van der Waals surface area contributed by atoms with E-state index in [9.17, 15) is 19.2 Å². The standard InChI is InChI=1S/2C33H47BrN4O5SSi/c2*1-20(2)29(27-17-28(37-42-27)41-15-14-34)32(40)38-18-25(43-45(8,9)33(5,6)7)16-26(38)31(39)36-21(3)23-10-12-24(13-11-23)30-22(4)35-19-44-30/h2*10-13,17,19-21,25-26,29H,14-16,18H2,1-9H3,(H,36,39)/t21-,25+,26-,29?;21-,25+,26-,29+/m00/s1. The van der Waals surface area contributed by atoms with Crippen LogP contribution in [-0.4, -0.2) is 132 Å². The molecule has 18 nitrogen and oxygen atoms in total. The van der Waals surface area contributed by atoms with E-state index in [1.54, 1.807) is 44.6 Å². The predicted molar refractivity (Wildman–Crippen MR) is 369 cm³/mol. The van der Waals surface area contributed by atoms with Gasteiger partial charge in [0, 0.05) is 48.7 Å². The summed E-state index contributed by atoms with van der Waals surface area (Å²) in [6, 6.07) is 17.9. The topological polar surface area (TPSA) is 214 Å². The molecule has 6 aromatic rings. The van der Waals surface area contributed by atoms with E-state index in [0.717, 1.165) is 43.4 Å². The number of hydrogen-bond donors (Lipinski definition) is 2. The van der Waals surface area contributed by atoms with Crippen molar-refractivity contribution in [1.29, 1.82) is 0 Å². The molecule has 0 aliphatic carbocycles. The first-order valence-corrected chi connectivity index (χ1v) is 41.0. The zero-order chi connectivity index (χ0) is 66.2. The molecule has 0 saturated carbocycles. The van der Waals surface area contributed by atoms with Crippen LogP contribution >= 0.6 is 54.5 Å². The monoisotopic (exact) mass is 1440 g/mol. The van der Waals surface area contributed by atoms with E-state index in [2.05, 4.69) is 155 Å². The van der Waals surface area contributed by atoms with Gasteiger partial charge in [-0.3, -0.25) is 19.2 Å². The molecular weight excluding hydrogens is 1340 g/mol. The molecule has 2 aromatic carbocycles. The van der Waals surface area contributed by atoms with Crippen LogP contribution in [-0.2, 0) is 28.0 Å². The van der Waals surface area contributed by atoms with Crippen LogP contribution in [0.3, 0.4) is 0 Å². The average molecular weight is 1440 g/mol. The fourth-order valence-corrected chi connectivity index (χ4v) is 15.5. The molecule has 90 heavy (non-hydrogen) atoms. The van der Waals surface area contributed by atoms with Crippen molar-refractivity contribution in [2.75, 3.05) is 37.0 Å². The molecule has 6 heterocycles. The van der Waals surface area contributed by atoms with Crippen LogP contribution in [0, 0.1) is 25.7 Å². The summed E-state index contributed by atoms with van der Waals surface area (Å²) in [6.07, 6.45) is 0.369. The summed E-state index contributed by atoms with van der Waals surface area (Å²) >= 11 is 9.92. The number of aromatic nitrogens is 4. The SMILES string of the molecule is Cc1ncsc1-c1ccc([C@H](C)NC(=O)[C@@H]2C[C@@H](O[Si](C)(C)C(C)(C)C)CN2C(=O)C(c2cc(OCCBr)no2)C(C)C)cc1.Cc1ncsc1-c1ccc([C@H](C)NC(=O)[C@@H]2C[C@@H](O[Si](C)(C)C(C)(C)C)CN2C(=O)[C@@H](c2cc(OCCBr)no2)C(C)C)cc1. The van der Waals surface area contributed by atoms with E-state index in [-0.39, 0.29) is 69.8 Å². The van der Waals surface area contributed by atoms with Gasteiger partial charge in [-0.15, -0.1) is 22.7 Å². The van der Waals surface area contributed by atoms with E-state index in [1.807, 2.05) is 90.7 Å². The Labute approximate surface area is 559 Å². The van der Waals surface area contributed by atoms with Crippen molar-refractivity contribution in [2.24, 2.45) is 11.8 Å². The number of benzene rings is 2. The maximum atomic E-state index is 14.3. The molecule has 1 unspecified atom stereocenters. The molecule has 4 amide bonds. The molecule has 8 rings (SSSR count). The number of thiazole rings is 2. The number of hydrogen-bond acceptors (Lipinski definition) is 16. The second kappa shape index (κ2) is 30.8. The van der Waals surface area contributed by atoms with Gasteiger partial charge in [-0.1, -0.05) is 150 Å². The van der Waals surface area contributed by atoms with Gasteiger partial charge in [0.15, 0.2) is 28.2 Å². The van der Waals surface area contributed by atoms with Gasteiger partial charge in [-0.2, -0.15) is 0 Å². The van der Waals surface area contributed by atoms with Gasteiger partial charge in [0.25, 0.3) is 11.8 Å². The molecular formula is C66H94Br2N8O10S2Si2. The lowest BCUT2D eigenvalue weighted by atomic mass is 9.91. The second-order valence-corrected chi connectivity index (χ2v) is 40.2. The number of nitrogens with one attached hydrogen (secondary N) is 2. The van der Waals surface area contributed by atoms with Gasteiger partial charge in [-0.05, 0) is 108 Å². The van der Waals surface area contributed by atoms with Crippen LogP contribution in [0.25, 0.3) is 20.9 Å². The number of ether oxygens (including phenoxy) is 2. The zero-order valence-corrected chi connectivity index (χ0v) is 62.5. The van der Waals surface area contributed by atoms with Gasteiger partial charge in [0.05, 0.1) is 69.7 Å². The van der Waals surface area contributed by atoms with Gasteiger partial charge < -0.3 is 47.8 Å². The van der Waals surface area contributed by atoms with Crippen molar-refractivity contribution in [2.45, 2.75) is 194 Å². The minimum absolute atomic E-state index is 0.00753. The van der Waals surface area contributed by atoms with E-state index in [1.165, 1.54) is 0 Å².